The quantitative estimate of drug-likeness (QED) is 0.495. The minimum absolute atomic E-state index is 0.511. The molecular weight excluding hydrogens is 254 g/mol. The highest BCUT2D eigenvalue weighted by Crippen LogP contribution is 2.28. The molecule has 0 aliphatic rings. The number of nitrogen functional groups attached to an aromatic ring is 1. The summed E-state index contributed by atoms with van der Waals surface area (Å²) in [4.78, 5) is 6.26. The number of anilines is 1. The van der Waals surface area contributed by atoms with Crippen molar-refractivity contribution >= 4 is 28.2 Å². The van der Waals surface area contributed by atoms with E-state index in [1.807, 2.05) is 30.5 Å². The Morgan fingerprint density at radius 3 is 3.00 bits per heavy atom. The molecule has 4 nitrogen and oxygen atoms in total. The number of nitrogens with one attached hydrogen (secondary N) is 1. The molecule has 90 valence electrons. The number of nitrogens with two attached hydrogens (primary N) is 1. The van der Waals surface area contributed by atoms with Crippen molar-refractivity contribution in [3.05, 3.63) is 35.3 Å². The molecule has 2 aromatic rings. The first-order valence-electron chi connectivity index (χ1n) is 5.00. The SMILES string of the molecule is CSc1ccccc1OCc1cnc(NN)s1. The number of benzene rings is 1. The minimum Gasteiger partial charge on any atom is -0.487 e. The summed E-state index contributed by atoms with van der Waals surface area (Å²) in [6, 6.07) is 7.98. The predicted molar refractivity (Wildman–Crippen MR) is 72.5 cm³/mol. The van der Waals surface area contributed by atoms with Gasteiger partial charge in [-0.2, -0.15) is 0 Å². The fourth-order valence-electron chi connectivity index (χ4n) is 1.33. The summed E-state index contributed by atoms with van der Waals surface area (Å²) in [6.45, 7) is 0.511. The Morgan fingerprint density at radius 2 is 2.29 bits per heavy atom. The van der Waals surface area contributed by atoms with E-state index in [-0.39, 0.29) is 0 Å². The summed E-state index contributed by atoms with van der Waals surface area (Å²) in [5.41, 5.74) is 2.52. The Kier molecular flexibility index (Phi) is 4.24. The molecule has 17 heavy (non-hydrogen) atoms. The van der Waals surface area contributed by atoms with Crippen LogP contribution in [0.25, 0.3) is 0 Å². The highest BCUT2D eigenvalue weighted by molar-refractivity contribution is 7.98. The molecule has 0 unspecified atom stereocenters. The number of aromatic nitrogens is 1. The monoisotopic (exact) mass is 267 g/mol. The first kappa shape index (κ1) is 12.2. The molecule has 1 aromatic heterocycles. The van der Waals surface area contributed by atoms with Gasteiger partial charge in [-0.1, -0.05) is 23.5 Å². The average molecular weight is 267 g/mol. The Hall–Kier alpha value is -1.24. The molecule has 0 saturated heterocycles. The molecule has 0 amide bonds. The van der Waals surface area contributed by atoms with Crippen molar-refractivity contribution in [2.24, 2.45) is 5.84 Å². The molecule has 1 heterocycles. The number of hydrogen-bond donors (Lipinski definition) is 2. The molecular formula is C11H13N3OS2. The molecule has 0 aliphatic heterocycles. The molecule has 0 spiro atoms. The molecule has 6 heteroatoms. The summed E-state index contributed by atoms with van der Waals surface area (Å²) in [5.74, 6) is 6.17. The number of para-hydroxylation sites is 1. The van der Waals surface area contributed by atoms with Crippen LogP contribution in [0.4, 0.5) is 5.13 Å². The van der Waals surface area contributed by atoms with Gasteiger partial charge in [0.2, 0.25) is 0 Å². The van der Waals surface area contributed by atoms with Gasteiger partial charge in [0.15, 0.2) is 5.13 Å². The van der Waals surface area contributed by atoms with Crippen molar-refractivity contribution in [1.29, 1.82) is 0 Å². The smallest absolute Gasteiger partial charge is 0.197 e. The van der Waals surface area contributed by atoms with Gasteiger partial charge in [-0.15, -0.1) is 11.8 Å². The molecule has 0 aliphatic carbocycles. The largest absolute Gasteiger partial charge is 0.487 e. The lowest BCUT2D eigenvalue weighted by Crippen LogP contribution is -2.05. The van der Waals surface area contributed by atoms with Crippen LogP contribution in [0.2, 0.25) is 0 Å². The maximum atomic E-state index is 5.75. The summed E-state index contributed by atoms with van der Waals surface area (Å²) in [6.07, 6.45) is 3.80. The standard InChI is InChI=1S/C11H13N3OS2/c1-16-10-5-3-2-4-9(10)15-7-8-6-13-11(14-12)17-8/h2-6H,7,12H2,1H3,(H,13,14). The van der Waals surface area contributed by atoms with Gasteiger partial charge < -0.3 is 4.74 Å². The molecule has 0 saturated carbocycles. The topological polar surface area (TPSA) is 60.2 Å². The average Bonchev–Trinajstić information content (AvgIpc) is 2.84. The molecule has 0 bridgehead atoms. The lowest BCUT2D eigenvalue weighted by Gasteiger charge is -2.08. The first-order valence-corrected chi connectivity index (χ1v) is 7.04. The van der Waals surface area contributed by atoms with E-state index in [1.54, 1.807) is 18.0 Å². The number of rotatable bonds is 5. The third kappa shape index (κ3) is 3.12. The van der Waals surface area contributed by atoms with E-state index in [1.165, 1.54) is 11.3 Å². The molecule has 0 atom stereocenters. The van der Waals surface area contributed by atoms with Crippen LogP contribution in [0.1, 0.15) is 4.88 Å². The van der Waals surface area contributed by atoms with Crippen molar-refractivity contribution < 1.29 is 4.74 Å². The van der Waals surface area contributed by atoms with Gasteiger partial charge in [0, 0.05) is 11.1 Å². The maximum absolute atomic E-state index is 5.75. The predicted octanol–water partition coefficient (Wildman–Crippen LogP) is 2.73. The Morgan fingerprint density at radius 1 is 1.47 bits per heavy atom. The zero-order chi connectivity index (χ0) is 12.1. The fraction of sp³-hybridized carbons (Fsp3) is 0.182. The lowest BCUT2D eigenvalue weighted by molar-refractivity contribution is 0.302. The van der Waals surface area contributed by atoms with E-state index in [0.717, 1.165) is 15.5 Å². The second kappa shape index (κ2) is 5.90. The van der Waals surface area contributed by atoms with Crippen molar-refractivity contribution in [2.75, 3.05) is 11.7 Å². The lowest BCUT2D eigenvalue weighted by atomic mass is 10.3. The number of thiazole rings is 1. The van der Waals surface area contributed by atoms with Crippen molar-refractivity contribution in [2.45, 2.75) is 11.5 Å². The van der Waals surface area contributed by atoms with Crippen LogP contribution in [0.15, 0.2) is 35.4 Å². The van der Waals surface area contributed by atoms with Gasteiger partial charge in [0.1, 0.15) is 12.4 Å². The first-order chi connectivity index (χ1) is 8.33. The van der Waals surface area contributed by atoms with Gasteiger partial charge in [-0.05, 0) is 18.4 Å². The third-order valence-corrected chi connectivity index (χ3v) is 3.80. The minimum atomic E-state index is 0.511. The number of thioether (sulfide) groups is 1. The van der Waals surface area contributed by atoms with Crippen LogP contribution in [-0.4, -0.2) is 11.2 Å². The van der Waals surface area contributed by atoms with E-state index in [9.17, 15) is 0 Å². The van der Waals surface area contributed by atoms with E-state index in [2.05, 4.69) is 10.4 Å². The fourth-order valence-corrected chi connectivity index (χ4v) is 2.51. The van der Waals surface area contributed by atoms with Gasteiger partial charge in [-0.3, -0.25) is 5.43 Å². The van der Waals surface area contributed by atoms with E-state index in [4.69, 9.17) is 10.6 Å². The highest BCUT2D eigenvalue weighted by Gasteiger charge is 2.04. The van der Waals surface area contributed by atoms with Crippen LogP contribution in [0.3, 0.4) is 0 Å². The number of ether oxygens (including phenoxy) is 1. The molecule has 0 radical (unpaired) electrons. The van der Waals surface area contributed by atoms with Gasteiger partial charge in [-0.25, -0.2) is 10.8 Å². The molecule has 0 fully saturated rings. The van der Waals surface area contributed by atoms with Crippen LogP contribution in [-0.2, 0) is 6.61 Å². The van der Waals surface area contributed by atoms with Crippen LogP contribution in [0.5, 0.6) is 5.75 Å². The van der Waals surface area contributed by atoms with Gasteiger partial charge in [0.05, 0.1) is 4.88 Å². The number of hydrazine groups is 1. The number of hydrogen-bond acceptors (Lipinski definition) is 6. The molecule has 3 N–H and O–H groups in total. The zero-order valence-corrected chi connectivity index (χ0v) is 11.0. The van der Waals surface area contributed by atoms with Crippen molar-refractivity contribution in [1.82, 2.24) is 4.98 Å². The molecule has 1 aromatic carbocycles. The van der Waals surface area contributed by atoms with Crippen molar-refractivity contribution in [3.8, 4) is 5.75 Å². The van der Waals surface area contributed by atoms with Gasteiger partial charge in [0.25, 0.3) is 0 Å². The summed E-state index contributed by atoms with van der Waals surface area (Å²) in [7, 11) is 0. The normalized spacial score (nSPS) is 10.2. The van der Waals surface area contributed by atoms with Crippen LogP contribution in [0, 0.1) is 0 Å². The second-order valence-electron chi connectivity index (χ2n) is 3.22. The second-order valence-corrected chi connectivity index (χ2v) is 5.18. The summed E-state index contributed by atoms with van der Waals surface area (Å²) >= 11 is 3.16. The van der Waals surface area contributed by atoms with E-state index >= 15 is 0 Å². The molecule has 2 rings (SSSR count). The van der Waals surface area contributed by atoms with E-state index < -0.39 is 0 Å². The Labute approximate surface area is 108 Å². The highest BCUT2D eigenvalue weighted by atomic mass is 32.2. The van der Waals surface area contributed by atoms with Gasteiger partial charge >= 0.3 is 0 Å². The maximum Gasteiger partial charge on any atom is 0.197 e. The summed E-state index contributed by atoms with van der Waals surface area (Å²) < 4.78 is 5.75. The summed E-state index contributed by atoms with van der Waals surface area (Å²) in [5, 5.41) is 0.696. The number of nitrogens with zero attached hydrogens (tertiary/aromatic N) is 1. The van der Waals surface area contributed by atoms with Crippen LogP contribution >= 0.6 is 23.1 Å². The Bertz CT molecular complexity index is 487. The van der Waals surface area contributed by atoms with Crippen molar-refractivity contribution in [3.63, 3.8) is 0 Å². The van der Waals surface area contributed by atoms with E-state index in [0.29, 0.717) is 11.7 Å². The zero-order valence-electron chi connectivity index (χ0n) is 9.34. The third-order valence-electron chi connectivity index (χ3n) is 2.12. The Balaban J connectivity index is 2.01. The van der Waals surface area contributed by atoms with Crippen LogP contribution < -0.4 is 16.0 Å².